The molecule has 2 heterocycles. The molecule has 1 N–H and O–H groups in total. The van der Waals surface area contributed by atoms with Crippen molar-refractivity contribution < 1.29 is 0 Å². The number of nitrogens with one attached hydrogen (secondary N) is 1. The molecule has 4 nitrogen and oxygen atoms in total. The lowest BCUT2D eigenvalue weighted by atomic mass is 10.2. The highest BCUT2D eigenvalue weighted by molar-refractivity contribution is 5.09. The van der Waals surface area contributed by atoms with Crippen LogP contribution in [-0.2, 0) is 6.54 Å². The Morgan fingerprint density at radius 1 is 1.25 bits per heavy atom. The molecular formula is C12H14N4. The van der Waals surface area contributed by atoms with Gasteiger partial charge in [-0.05, 0) is 19.1 Å². The second-order valence-electron chi connectivity index (χ2n) is 3.60. The van der Waals surface area contributed by atoms with Crippen molar-refractivity contribution in [1.82, 2.24) is 20.3 Å². The first-order chi connectivity index (χ1) is 7.86. The fraction of sp³-hybridized carbons (Fsp3) is 0.250. The third-order valence-corrected chi connectivity index (χ3v) is 2.36. The molecular weight excluding hydrogens is 200 g/mol. The fourth-order valence-electron chi connectivity index (χ4n) is 1.43. The van der Waals surface area contributed by atoms with Crippen LogP contribution in [0.25, 0.3) is 0 Å². The second-order valence-corrected chi connectivity index (χ2v) is 3.60. The van der Waals surface area contributed by atoms with Crippen molar-refractivity contribution in [2.24, 2.45) is 0 Å². The van der Waals surface area contributed by atoms with Crippen LogP contribution in [-0.4, -0.2) is 15.0 Å². The monoisotopic (exact) mass is 214 g/mol. The van der Waals surface area contributed by atoms with Crippen molar-refractivity contribution in [3.05, 3.63) is 54.4 Å². The van der Waals surface area contributed by atoms with Crippen LogP contribution >= 0.6 is 0 Å². The molecule has 16 heavy (non-hydrogen) atoms. The summed E-state index contributed by atoms with van der Waals surface area (Å²) in [6, 6.07) is 6.15. The van der Waals surface area contributed by atoms with Crippen molar-refractivity contribution >= 4 is 0 Å². The largest absolute Gasteiger partial charge is 0.305 e. The smallest absolute Gasteiger partial charge is 0.115 e. The highest BCUT2D eigenvalue weighted by atomic mass is 14.9. The van der Waals surface area contributed by atoms with E-state index in [2.05, 4.69) is 27.2 Å². The van der Waals surface area contributed by atoms with Crippen molar-refractivity contribution in [3.8, 4) is 0 Å². The Balaban J connectivity index is 1.92. The maximum Gasteiger partial charge on any atom is 0.115 e. The van der Waals surface area contributed by atoms with Gasteiger partial charge >= 0.3 is 0 Å². The summed E-state index contributed by atoms with van der Waals surface area (Å²) in [7, 11) is 0. The van der Waals surface area contributed by atoms with Crippen LogP contribution in [0.4, 0.5) is 0 Å². The van der Waals surface area contributed by atoms with Gasteiger partial charge < -0.3 is 5.32 Å². The van der Waals surface area contributed by atoms with E-state index in [0.717, 1.165) is 17.8 Å². The lowest BCUT2D eigenvalue weighted by Gasteiger charge is -2.12. The summed E-state index contributed by atoms with van der Waals surface area (Å²) in [5.74, 6) is 0. The van der Waals surface area contributed by atoms with Crippen LogP contribution < -0.4 is 5.32 Å². The minimum Gasteiger partial charge on any atom is -0.305 e. The van der Waals surface area contributed by atoms with Gasteiger partial charge in [-0.1, -0.05) is 6.07 Å². The third kappa shape index (κ3) is 2.84. The zero-order valence-electron chi connectivity index (χ0n) is 9.17. The van der Waals surface area contributed by atoms with Gasteiger partial charge in [-0.25, -0.2) is 9.97 Å². The molecule has 0 fully saturated rings. The molecule has 0 saturated heterocycles. The molecule has 0 spiro atoms. The lowest BCUT2D eigenvalue weighted by molar-refractivity contribution is 0.560. The second kappa shape index (κ2) is 5.32. The van der Waals surface area contributed by atoms with E-state index in [4.69, 9.17) is 0 Å². The van der Waals surface area contributed by atoms with Crippen LogP contribution in [0.15, 0.2) is 43.1 Å². The number of pyridine rings is 1. The van der Waals surface area contributed by atoms with E-state index >= 15 is 0 Å². The predicted octanol–water partition coefficient (Wildman–Crippen LogP) is 1.72. The Bertz CT molecular complexity index is 416. The van der Waals surface area contributed by atoms with E-state index in [1.54, 1.807) is 6.20 Å². The summed E-state index contributed by atoms with van der Waals surface area (Å²) in [4.78, 5) is 12.2. The lowest BCUT2D eigenvalue weighted by Crippen LogP contribution is -2.19. The molecule has 0 bridgehead atoms. The molecule has 0 aliphatic rings. The van der Waals surface area contributed by atoms with Crippen molar-refractivity contribution in [2.45, 2.75) is 19.5 Å². The molecule has 2 aromatic heterocycles. The molecule has 1 atom stereocenters. The molecule has 0 aliphatic carbocycles. The minimum absolute atomic E-state index is 0.224. The molecule has 2 rings (SSSR count). The molecule has 0 amide bonds. The third-order valence-electron chi connectivity index (χ3n) is 2.36. The van der Waals surface area contributed by atoms with E-state index in [9.17, 15) is 0 Å². The van der Waals surface area contributed by atoms with E-state index in [-0.39, 0.29) is 6.04 Å². The summed E-state index contributed by atoms with van der Waals surface area (Å²) < 4.78 is 0. The number of aromatic nitrogens is 3. The molecule has 0 saturated carbocycles. The molecule has 0 unspecified atom stereocenters. The van der Waals surface area contributed by atoms with Crippen LogP contribution in [0.3, 0.4) is 0 Å². The summed E-state index contributed by atoms with van der Waals surface area (Å²) in [6.07, 6.45) is 6.96. The van der Waals surface area contributed by atoms with Gasteiger partial charge in [0.2, 0.25) is 0 Å². The quantitative estimate of drug-likeness (QED) is 0.842. The molecule has 0 aliphatic heterocycles. The first kappa shape index (κ1) is 10.7. The average molecular weight is 214 g/mol. The average Bonchev–Trinajstić information content (AvgIpc) is 2.38. The Kier molecular flexibility index (Phi) is 3.56. The first-order valence-electron chi connectivity index (χ1n) is 5.24. The maximum absolute atomic E-state index is 4.30. The van der Waals surface area contributed by atoms with Gasteiger partial charge in [0.05, 0.1) is 5.69 Å². The molecule has 0 aromatic carbocycles. The minimum atomic E-state index is 0.224. The van der Waals surface area contributed by atoms with E-state index in [1.165, 1.54) is 6.33 Å². The highest BCUT2D eigenvalue weighted by Crippen LogP contribution is 2.08. The van der Waals surface area contributed by atoms with Gasteiger partial charge in [-0.3, -0.25) is 4.98 Å². The van der Waals surface area contributed by atoms with Gasteiger partial charge in [0.25, 0.3) is 0 Å². The predicted molar refractivity (Wildman–Crippen MR) is 61.5 cm³/mol. The Hall–Kier alpha value is -1.81. The van der Waals surface area contributed by atoms with Crippen LogP contribution in [0.1, 0.15) is 24.2 Å². The van der Waals surface area contributed by atoms with Crippen LogP contribution in [0.2, 0.25) is 0 Å². The normalized spacial score (nSPS) is 12.3. The van der Waals surface area contributed by atoms with Crippen molar-refractivity contribution in [2.75, 3.05) is 0 Å². The molecule has 82 valence electrons. The first-order valence-corrected chi connectivity index (χ1v) is 5.24. The molecule has 0 radical (unpaired) electrons. The van der Waals surface area contributed by atoms with Gasteiger partial charge in [0.15, 0.2) is 0 Å². The summed E-state index contributed by atoms with van der Waals surface area (Å²) in [6.45, 7) is 2.84. The van der Waals surface area contributed by atoms with E-state index in [1.807, 2.05) is 30.6 Å². The van der Waals surface area contributed by atoms with E-state index < -0.39 is 0 Å². The summed E-state index contributed by atoms with van der Waals surface area (Å²) in [5, 5.41) is 3.37. The number of hydrogen-bond acceptors (Lipinski definition) is 4. The highest BCUT2D eigenvalue weighted by Gasteiger charge is 2.04. The van der Waals surface area contributed by atoms with Gasteiger partial charge in [0, 0.05) is 36.7 Å². The molecule has 4 heteroatoms. The Morgan fingerprint density at radius 3 is 2.75 bits per heavy atom. The maximum atomic E-state index is 4.30. The van der Waals surface area contributed by atoms with Crippen LogP contribution in [0.5, 0.6) is 0 Å². The summed E-state index contributed by atoms with van der Waals surface area (Å²) in [5.41, 5.74) is 2.12. The van der Waals surface area contributed by atoms with Crippen LogP contribution in [0, 0.1) is 0 Å². The standard InChI is InChI=1S/C12H14N4/c1-10(12-4-2-3-5-15-12)16-8-11-6-13-9-14-7-11/h2-7,9-10,16H,8H2,1H3/t10-/m0/s1. The zero-order valence-corrected chi connectivity index (χ0v) is 9.17. The van der Waals surface area contributed by atoms with Gasteiger partial charge in [0.1, 0.15) is 6.33 Å². The SMILES string of the molecule is C[C@H](NCc1cncnc1)c1ccccn1. The Labute approximate surface area is 94.8 Å². The number of rotatable bonds is 4. The topological polar surface area (TPSA) is 50.7 Å². The van der Waals surface area contributed by atoms with Crippen molar-refractivity contribution in [3.63, 3.8) is 0 Å². The summed E-state index contributed by atoms with van der Waals surface area (Å²) >= 11 is 0. The Morgan fingerprint density at radius 2 is 2.06 bits per heavy atom. The number of hydrogen-bond donors (Lipinski definition) is 1. The zero-order chi connectivity index (χ0) is 11.2. The number of nitrogens with zero attached hydrogens (tertiary/aromatic N) is 3. The van der Waals surface area contributed by atoms with Gasteiger partial charge in [-0.15, -0.1) is 0 Å². The van der Waals surface area contributed by atoms with Crippen molar-refractivity contribution in [1.29, 1.82) is 0 Å². The molecule has 2 aromatic rings. The fourth-order valence-corrected chi connectivity index (χ4v) is 1.43. The van der Waals surface area contributed by atoms with Gasteiger partial charge in [-0.2, -0.15) is 0 Å². The van der Waals surface area contributed by atoms with E-state index in [0.29, 0.717) is 0 Å².